The zero-order valence-electron chi connectivity index (χ0n) is 3.60. The predicted octanol–water partition coefficient (Wildman–Crippen LogP) is 0.672. The van der Waals surface area contributed by atoms with Crippen molar-refractivity contribution in [1.82, 2.24) is 0 Å². The Morgan fingerprint density at radius 1 is 2.00 bits per heavy atom. The van der Waals surface area contributed by atoms with Gasteiger partial charge in [-0.1, -0.05) is 15.9 Å². The minimum Gasteiger partial charge on any atom is -0.371 e. The van der Waals surface area contributed by atoms with Crippen molar-refractivity contribution in [2.24, 2.45) is 0 Å². The largest absolute Gasteiger partial charge is 0.371 e. The van der Waals surface area contributed by atoms with E-state index in [0.717, 1.165) is 6.61 Å². The summed E-state index contributed by atoms with van der Waals surface area (Å²) in [5, 5.41) is 8.17. The molecule has 3 heteroatoms. The third-order valence-electron chi connectivity index (χ3n) is 0.809. The maximum atomic E-state index is 8.17. The lowest BCUT2D eigenvalue weighted by Crippen LogP contribution is -2.00. The van der Waals surface area contributed by atoms with Crippen molar-refractivity contribution in [2.45, 2.75) is 10.9 Å². The van der Waals surface area contributed by atoms with Crippen molar-refractivity contribution < 1.29 is 4.74 Å². The number of alkyl halides is 1. The molecule has 38 valence electrons. The third kappa shape index (κ3) is 1.15. The molecule has 1 saturated heterocycles. The van der Waals surface area contributed by atoms with Crippen LogP contribution < -0.4 is 0 Å². The van der Waals surface area contributed by atoms with Gasteiger partial charge in [-0.2, -0.15) is 5.26 Å². The molecule has 1 aliphatic rings. The topological polar surface area (TPSA) is 36.3 Å². The van der Waals surface area contributed by atoms with E-state index in [4.69, 9.17) is 10.00 Å². The highest BCUT2D eigenvalue weighted by molar-refractivity contribution is 9.09. The van der Waals surface area contributed by atoms with Crippen LogP contribution in [-0.4, -0.2) is 17.5 Å². The standard InChI is InChI=1S/C4H4BrNO/c5-3(1-6)4-2-7-4/h3-4H,2H2/t3-,4-/m0/s1. The number of epoxide rings is 1. The van der Waals surface area contributed by atoms with Crippen molar-refractivity contribution in [3.63, 3.8) is 0 Å². The molecule has 0 bridgehead atoms. The summed E-state index contributed by atoms with van der Waals surface area (Å²) in [6.07, 6.45) is 0.171. The van der Waals surface area contributed by atoms with Crippen molar-refractivity contribution in [3.05, 3.63) is 0 Å². The Morgan fingerprint density at radius 2 is 2.57 bits per heavy atom. The third-order valence-corrected chi connectivity index (χ3v) is 1.60. The molecule has 0 aliphatic carbocycles. The zero-order chi connectivity index (χ0) is 5.28. The van der Waals surface area contributed by atoms with E-state index >= 15 is 0 Å². The lowest BCUT2D eigenvalue weighted by atomic mass is 10.4. The number of hydrogen-bond donors (Lipinski definition) is 0. The molecule has 2 nitrogen and oxygen atoms in total. The second-order valence-electron chi connectivity index (χ2n) is 1.40. The predicted molar refractivity (Wildman–Crippen MR) is 28.1 cm³/mol. The molecule has 0 N–H and O–H groups in total. The van der Waals surface area contributed by atoms with Crippen LogP contribution in [-0.2, 0) is 4.74 Å². The molecule has 0 aromatic rings. The van der Waals surface area contributed by atoms with Crippen LogP contribution in [0.5, 0.6) is 0 Å². The Hall–Kier alpha value is -0.0700. The van der Waals surface area contributed by atoms with Gasteiger partial charge in [-0.15, -0.1) is 0 Å². The number of rotatable bonds is 1. The first-order valence-electron chi connectivity index (χ1n) is 2.00. The van der Waals surface area contributed by atoms with Gasteiger partial charge in [0.1, 0.15) is 10.9 Å². The Morgan fingerprint density at radius 3 is 2.71 bits per heavy atom. The van der Waals surface area contributed by atoms with Crippen LogP contribution in [0.15, 0.2) is 0 Å². The molecule has 0 spiro atoms. The fourth-order valence-electron chi connectivity index (χ4n) is 0.308. The van der Waals surface area contributed by atoms with Crippen LogP contribution in [0.1, 0.15) is 0 Å². The normalized spacial score (nSPS) is 31.1. The van der Waals surface area contributed by atoms with E-state index in [-0.39, 0.29) is 10.9 Å². The van der Waals surface area contributed by atoms with E-state index < -0.39 is 0 Å². The molecule has 0 saturated carbocycles. The fourth-order valence-corrected chi connectivity index (χ4v) is 0.613. The van der Waals surface area contributed by atoms with E-state index in [1.165, 1.54) is 0 Å². The summed E-state index contributed by atoms with van der Waals surface area (Å²) in [4.78, 5) is -0.0903. The summed E-state index contributed by atoms with van der Waals surface area (Å²) in [6, 6.07) is 2.02. The SMILES string of the molecule is N#C[C@H](Br)[C@@H]1CO1. The van der Waals surface area contributed by atoms with Crippen molar-refractivity contribution in [2.75, 3.05) is 6.61 Å². The maximum absolute atomic E-state index is 8.17. The van der Waals surface area contributed by atoms with E-state index in [1.54, 1.807) is 0 Å². The molecule has 1 fully saturated rings. The van der Waals surface area contributed by atoms with Crippen LogP contribution in [0.2, 0.25) is 0 Å². The molecule has 0 amide bonds. The quantitative estimate of drug-likeness (QED) is 0.419. The molecule has 1 heterocycles. The summed E-state index contributed by atoms with van der Waals surface area (Å²) < 4.78 is 4.79. The van der Waals surface area contributed by atoms with Gasteiger partial charge >= 0.3 is 0 Å². The first-order chi connectivity index (χ1) is 3.34. The highest BCUT2D eigenvalue weighted by Crippen LogP contribution is 2.19. The van der Waals surface area contributed by atoms with Gasteiger partial charge in [0.25, 0.3) is 0 Å². The average molecular weight is 162 g/mol. The molecule has 0 radical (unpaired) electrons. The summed E-state index contributed by atoms with van der Waals surface area (Å²) in [6.45, 7) is 0.740. The summed E-state index contributed by atoms with van der Waals surface area (Å²) >= 11 is 3.12. The molecule has 0 aromatic carbocycles. The fraction of sp³-hybridized carbons (Fsp3) is 0.750. The van der Waals surface area contributed by atoms with Gasteiger partial charge < -0.3 is 4.74 Å². The monoisotopic (exact) mass is 161 g/mol. The Labute approximate surface area is 50.2 Å². The van der Waals surface area contributed by atoms with Gasteiger partial charge in [-0.05, 0) is 0 Å². The van der Waals surface area contributed by atoms with Crippen LogP contribution in [0.4, 0.5) is 0 Å². The van der Waals surface area contributed by atoms with Crippen molar-refractivity contribution in [3.8, 4) is 6.07 Å². The molecule has 1 rings (SSSR count). The van der Waals surface area contributed by atoms with E-state index in [0.29, 0.717) is 0 Å². The molecular formula is C4H4BrNO. The molecule has 0 aromatic heterocycles. The molecule has 1 aliphatic heterocycles. The van der Waals surface area contributed by atoms with Crippen molar-refractivity contribution in [1.29, 1.82) is 5.26 Å². The van der Waals surface area contributed by atoms with E-state index in [2.05, 4.69) is 15.9 Å². The minimum absolute atomic E-state index is 0.0903. The van der Waals surface area contributed by atoms with Gasteiger partial charge in [0.2, 0.25) is 0 Å². The first-order valence-corrected chi connectivity index (χ1v) is 2.91. The van der Waals surface area contributed by atoms with Gasteiger partial charge in [-0.25, -0.2) is 0 Å². The summed E-state index contributed by atoms with van der Waals surface area (Å²) in [5.41, 5.74) is 0. The van der Waals surface area contributed by atoms with Gasteiger partial charge in [0.15, 0.2) is 0 Å². The van der Waals surface area contributed by atoms with Gasteiger partial charge in [-0.3, -0.25) is 0 Å². The Bertz CT molecular complexity index is 105. The number of ether oxygens (including phenoxy) is 1. The molecular weight excluding hydrogens is 158 g/mol. The lowest BCUT2D eigenvalue weighted by Gasteiger charge is -1.85. The number of halogens is 1. The first kappa shape index (κ1) is 5.07. The highest BCUT2D eigenvalue weighted by Gasteiger charge is 2.30. The number of nitriles is 1. The summed E-state index contributed by atoms with van der Waals surface area (Å²) in [5.74, 6) is 0. The lowest BCUT2D eigenvalue weighted by molar-refractivity contribution is 0.416. The van der Waals surface area contributed by atoms with Crippen LogP contribution in [0, 0.1) is 11.3 Å². The molecule has 0 unspecified atom stereocenters. The van der Waals surface area contributed by atoms with Crippen LogP contribution >= 0.6 is 15.9 Å². The van der Waals surface area contributed by atoms with Crippen LogP contribution in [0.3, 0.4) is 0 Å². The second-order valence-corrected chi connectivity index (χ2v) is 2.39. The minimum atomic E-state index is -0.0903. The van der Waals surface area contributed by atoms with Gasteiger partial charge in [0.05, 0.1) is 12.7 Å². The summed E-state index contributed by atoms with van der Waals surface area (Å²) in [7, 11) is 0. The van der Waals surface area contributed by atoms with Crippen molar-refractivity contribution >= 4 is 15.9 Å². The Kier molecular flexibility index (Phi) is 1.31. The van der Waals surface area contributed by atoms with Crippen LogP contribution in [0.25, 0.3) is 0 Å². The highest BCUT2D eigenvalue weighted by atomic mass is 79.9. The Balaban J connectivity index is 2.27. The molecule has 2 atom stereocenters. The van der Waals surface area contributed by atoms with E-state index in [9.17, 15) is 0 Å². The maximum Gasteiger partial charge on any atom is 0.130 e. The second kappa shape index (κ2) is 1.81. The van der Waals surface area contributed by atoms with Gasteiger partial charge in [0, 0.05) is 0 Å². The average Bonchev–Trinajstić information content (AvgIpc) is 2.44. The molecule has 7 heavy (non-hydrogen) atoms. The van der Waals surface area contributed by atoms with E-state index in [1.807, 2.05) is 6.07 Å². The number of nitrogens with zero attached hydrogens (tertiary/aromatic N) is 1. The smallest absolute Gasteiger partial charge is 0.130 e. The number of hydrogen-bond acceptors (Lipinski definition) is 2. The zero-order valence-corrected chi connectivity index (χ0v) is 5.18.